The van der Waals surface area contributed by atoms with E-state index in [1.807, 2.05) is 0 Å². The van der Waals surface area contributed by atoms with Crippen LogP contribution in [0.2, 0.25) is 5.02 Å². The number of alkyl halides is 3. The summed E-state index contributed by atoms with van der Waals surface area (Å²) in [6, 6.07) is 1.76. The molecule has 0 unspecified atom stereocenters. The van der Waals surface area contributed by atoms with Crippen LogP contribution < -0.4 is 16.6 Å². The van der Waals surface area contributed by atoms with Crippen molar-refractivity contribution in [1.82, 2.24) is 15.6 Å². The summed E-state index contributed by atoms with van der Waals surface area (Å²) >= 11 is 7.87. The number of amides is 1. The molecule has 0 aromatic heterocycles. The Morgan fingerprint density at radius 2 is 2.04 bits per heavy atom. The van der Waals surface area contributed by atoms with E-state index >= 15 is 0 Å². The average molecular weight is 423 g/mol. The lowest BCUT2D eigenvalue weighted by atomic mass is 10.1. The number of hydrogen-bond acceptors (Lipinski definition) is 5. The van der Waals surface area contributed by atoms with Gasteiger partial charge in [-0.1, -0.05) is 11.6 Å². The molecule has 0 saturated carbocycles. The first-order valence-electron chi connectivity index (χ1n) is 7.78. The van der Waals surface area contributed by atoms with Crippen LogP contribution in [-0.2, 0) is 6.18 Å². The number of aliphatic imine (C=N–C) groups is 2. The Morgan fingerprint density at radius 3 is 2.59 bits per heavy atom. The average Bonchev–Trinajstić information content (AvgIpc) is 2.64. The Morgan fingerprint density at radius 1 is 1.37 bits per heavy atom. The number of nitrogens with zero attached hydrogens (tertiary/aromatic N) is 3. The fraction of sp³-hybridized carbons (Fsp3) is 0.400. The number of nitrogens with one attached hydrogen (secondary N) is 2. The number of carbonyl (C=O) groups excluding carboxylic acids is 1. The van der Waals surface area contributed by atoms with Gasteiger partial charge in [-0.3, -0.25) is 20.5 Å². The molecule has 1 saturated heterocycles. The maximum Gasteiger partial charge on any atom is 0.418 e. The Hall–Kier alpha value is -1.98. The normalized spacial score (nSPS) is 15.9. The molecule has 0 radical (unpaired) electrons. The molecule has 1 aromatic carbocycles. The van der Waals surface area contributed by atoms with Crippen LogP contribution in [0.5, 0.6) is 0 Å². The van der Waals surface area contributed by atoms with Crippen LogP contribution >= 0.6 is 23.4 Å². The molecule has 0 atom stereocenters. The van der Waals surface area contributed by atoms with Crippen LogP contribution in [0, 0.1) is 0 Å². The molecular formula is C15H18ClF3N6OS. The van der Waals surface area contributed by atoms with E-state index in [0.717, 1.165) is 23.6 Å². The van der Waals surface area contributed by atoms with Crippen molar-refractivity contribution in [2.24, 2.45) is 15.8 Å². The minimum Gasteiger partial charge on any atom is -0.361 e. The largest absolute Gasteiger partial charge is 0.418 e. The Balaban J connectivity index is 2.41. The fourth-order valence-corrected chi connectivity index (χ4v) is 3.49. The standard InChI is InChI=1S/C15H18ClF3N6OS/c1-21-14(24-20)23-13(26)9-2-3-10(15(17,18)19)12(11(9)16)22-8-25-4-6-27-7-5-25/h2-3,8H,4-7,20H2,1H3,(H2,21,23,24,26). The molecule has 4 N–H and O–H groups in total. The van der Waals surface area contributed by atoms with Crippen LogP contribution in [0.15, 0.2) is 22.1 Å². The van der Waals surface area contributed by atoms with E-state index in [-0.39, 0.29) is 11.5 Å². The van der Waals surface area contributed by atoms with Gasteiger partial charge >= 0.3 is 6.18 Å². The molecule has 1 aliphatic heterocycles. The van der Waals surface area contributed by atoms with Crippen molar-refractivity contribution in [2.75, 3.05) is 31.6 Å². The molecule has 1 heterocycles. The summed E-state index contributed by atoms with van der Waals surface area (Å²) in [5.41, 5.74) is 0.440. The molecule has 1 amide bonds. The molecule has 7 nitrogen and oxygen atoms in total. The van der Waals surface area contributed by atoms with Crippen LogP contribution in [0.25, 0.3) is 0 Å². The summed E-state index contributed by atoms with van der Waals surface area (Å²) in [6.07, 6.45) is -3.34. The molecule has 148 valence electrons. The van der Waals surface area contributed by atoms with Crippen molar-refractivity contribution in [3.8, 4) is 0 Å². The van der Waals surface area contributed by atoms with Crippen molar-refractivity contribution in [3.63, 3.8) is 0 Å². The molecule has 0 bridgehead atoms. The number of thioether (sulfide) groups is 1. The Bertz CT molecular complexity index is 750. The molecule has 12 heteroatoms. The zero-order valence-corrected chi connectivity index (χ0v) is 15.9. The summed E-state index contributed by atoms with van der Waals surface area (Å²) in [7, 11) is 1.37. The van der Waals surface area contributed by atoms with E-state index < -0.39 is 28.4 Å². The van der Waals surface area contributed by atoms with E-state index in [0.29, 0.717) is 13.1 Å². The molecule has 0 spiro atoms. The highest BCUT2D eigenvalue weighted by Gasteiger charge is 2.35. The predicted molar refractivity (Wildman–Crippen MR) is 102 cm³/mol. The van der Waals surface area contributed by atoms with E-state index in [1.54, 1.807) is 16.7 Å². The SMILES string of the molecule is CN=C(NN)NC(=O)c1ccc(C(F)(F)F)c(N=CN2CCSCC2)c1Cl. The molecule has 0 aliphatic carbocycles. The quantitative estimate of drug-likeness (QED) is 0.300. The van der Waals surface area contributed by atoms with Gasteiger partial charge in [-0.15, -0.1) is 0 Å². The van der Waals surface area contributed by atoms with Crippen molar-refractivity contribution < 1.29 is 18.0 Å². The summed E-state index contributed by atoms with van der Waals surface area (Å²) in [6.45, 7) is 1.34. The van der Waals surface area contributed by atoms with Gasteiger partial charge in [0.2, 0.25) is 5.96 Å². The third-order valence-corrected chi connectivity index (χ3v) is 4.98. The predicted octanol–water partition coefficient (Wildman–Crippen LogP) is 2.25. The van der Waals surface area contributed by atoms with E-state index in [9.17, 15) is 18.0 Å². The molecule has 1 fully saturated rings. The maximum atomic E-state index is 13.4. The van der Waals surface area contributed by atoms with Crippen molar-refractivity contribution in [2.45, 2.75) is 6.18 Å². The highest BCUT2D eigenvalue weighted by Crippen LogP contribution is 2.41. The number of halogens is 4. The number of carbonyl (C=O) groups is 1. The zero-order valence-electron chi connectivity index (χ0n) is 14.3. The van der Waals surface area contributed by atoms with Crippen LogP contribution in [0.1, 0.15) is 15.9 Å². The number of hydrazine groups is 1. The minimum atomic E-state index is -4.67. The first-order chi connectivity index (χ1) is 12.8. The summed E-state index contributed by atoms with van der Waals surface area (Å²) < 4.78 is 40.1. The van der Waals surface area contributed by atoms with Gasteiger partial charge in [-0.2, -0.15) is 24.9 Å². The topological polar surface area (TPSA) is 95.1 Å². The second kappa shape index (κ2) is 9.29. The van der Waals surface area contributed by atoms with Crippen molar-refractivity contribution in [3.05, 3.63) is 28.3 Å². The lowest BCUT2D eigenvalue weighted by molar-refractivity contribution is -0.137. The highest BCUT2D eigenvalue weighted by molar-refractivity contribution is 7.99. The summed E-state index contributed by atoms with van der Waals surface area (Å²) in [5, 5.41) is 1.90. The number of nitrogens with two attached hydrogens (primary N) is 1. The maximum absolute atomic E-state index is 13.4. The first-order valence-corrected chi connectivity index (χ1v) is 9.31. The van der Waals surface area contributed by atoms with Crippen LogP contribution in [-0.4, -0.2) is 54.7 Å². The third-order valence-electron chi connectivity index (χ3n) is 3.65. The second-order valence-electron chi connectivity index (χ2n) is 5.38. The molecule has 1 aliphatic rings. The second-order valence-corrected chi connectivity index (χ2v) is 6.99. The van der Waals surface area contributed by atoms with E-state index in [2.05, 4.69) is 20.7 Å². The Kier molecular flexibility index (Phi) is 7.33. The van der Waals surface area contributed by atoms with E-state index in [1.165, 1.54) is 13.4 Å². The molecule has 2 rings (SSSR count). The lowest BCUT2D eigenvalue weighted by Crippen LogP contribution is -2.44. The fourth-order valence-electron chi connectivity index (χ4n) is 2.26. The Labute approximate surface area is 163 Å². The van der Waals surface area contributed by atoms with Crippen molar-refractivity contribution >= 4 is 47.3 Å². The smallest absolute Gasteiger partial charge is 0.361 e. The monoisotopic (exact) mass is 422 g/mol. The number of hydrogen-bond donors (Lipinski definition) is 3. The third kappa shape index (κ3) is 5.50. The van der Waals surface area contributed by atoms with Crippen LogP contribution in [0.4, 0.5) is 18.9 Å². The van der Waals surface area contributed by atoms with Gasteiger partial charge in [-0.05, 0) is 12.1 Å². The van der Waals surface area contributed by atoms with Crippen LogP contribution in [0.3, 0.4) is 0 Å². The van der Waals surface area contributed by atoms with Gasteiger partial charge in [0.15, 0.2) is 0 Å². The van der Waals surface area contributed by atoms with Gasteiger partial charge in [0.1, 0.15) is 0 Å². The molecule has 27 heavy (non-hydrogen) atoms. The first kappa shape index (κ1) is 21.3. The minimum absolute atomic E-state index is 0.0631. The highest BCUT2D eigenvalue weighted by atomic mass is 35.5. The number of rotatable bonds is 3. The van der Waals surface area contributed by atoms with Gasteiger partial charge in [0, 0.05) is 31.6 Å². The van der Waals surface area contributed by atoms with Gasteiger partial charge in [0.25, 0.3) is 5.91 Å². The summed E-state index contributed by atoms with van der Waals surface area (Å²) in [5.74, 6) is 6.07. The zero-order chi connectivity index (χ0) is 20.0. The number of guanidine groups is 1. The van der Waals surface area contributed by atoms with E-state index in [4.69, 9.17) is 17.4 Å². The van der Waals surface area contributed by atoms with Gasteiger partial charge in [0.05, 0.1) is 28.2 Å². The van der Waals surface area contributed by atoms with Gasteiger partial charge in [-0.25, -0.2) is 10.8 Å². The van der Waals surface area contributed by atoms with Gasteiger partial charge < -0.3 is 4.90 Å². The molecular weight excluding hydrogens is 405 g/mol. The summed E-state index contributed by atoms with van der Waals surface area (Å²) in [4.78, 5) is 21.7. The lowest BCUT2D eigenvalue weighted by Gasteiger charge is -2.24. The number of benzene rings is 1. The molecule has 1 aromatic rings. The van der Waals surface area contributed by atoms with Crippen molar-refractivity contribution in [1.29, 1.82) is 0 Å².